The van der Waals surface area contributed by atoms with Crippen LogP contribution in [0, 0.1) is 0 Å². The van der Waals surface area contributed by atoms with Gasteiger partial charge in [-0.15, -0.1) is 0 Å². The van der Waals surface area contributed by atoms with Crippen LogP contribution < -0.4 is 14.4 Å². The standard InChI is InChI=1S/C21H28N2O4S/c1-4-16-27-20-14-8-5-10-17(20)11-9-15-22-21(24)18-12-6-7-13-19(18)23(2)28(3,25)26/h5-8,10,12-14H,4,9,11,15-16H2,1-3H3,(H,22,24). The number of carbonyl (C=O) groups is 1. The minimum absolute atomic E-state index is 0.290. The summed E-state index contributed by atoms with van der Waals surface area (Å²) < 4.78 is 30.5. The first-order valence-corrected chi connectivity index (χ1v) is 11.2. The summed E-state index contributed by atoms with van der Waals surface area (Å²) in [5, 5.41) is 2.88. The van der Waals surface area contributed by atoms with Crippen molar-refractivity contribution in [1.29, 1.82) is 0 Å². The van der Waals surface area contributed by atoms with Gasteiger partial charge in [-0.3, -0.25) is 9.10 Å². The summed E-state index contributed by atoms with van der Waals surface area (Å²) >= 11 is 0. The van der Waals surface area contributed by atoms with E-state index >= 15 is 0 Å². The molecule has 2 rings (SSSR count). The van der Waals surface area contributed by atoms with E-state index in [-0.39, 0.29) is 5.91 Å². The number of carbonyl (C=O) groups excluding carboxylic acids is 1. The molecule has 0 heterocycles. The van der Waals surface area contributed by atoms with Crippen molar-refractivity contribution in [1.82, 2.24) is 5.32 Å². The second kappa shape index (κ2) is 10.1. The van der Waals surface area contributed by atoms with Crippen LogP contribution in [0.25, 0.3) is 0 Å². The largest absolute Gasteiger partial charge is 0.493 e. The fourth-order valence-electron chi connectivity index (χ4n) is 2.76. The van der Waals surface area contributed by atoms with Crippen LogP contribution in [0.3, 0.4) is 0 Å². The highest BCUT2D eigenvalue weighted by Gasteiger charge is 2.19. The van der Waals surface area contributed by atoms with Crippen LogP contribution in [0.5, 0.6) is 5.75 Å². The molecule has 2 aromatic carbocycles. The fraction of sp³-hybridized carbons (Fsp3) is 0.381. The number of amides is 1. The van der Waals surface area contributed by atoms with Gasteiger partial charge in [0, 0.05) is 13.6 Å². The van der Waals surface area contributed by atoms with Crippen molar-refractivity contribution in [3.63, 3.8) is 0 Å². The predicted molar refractivity (Wildman–Crippen MR) is 113 cm³/mol. The third kappa shape index (κ3) is 5.99. The van der Waals surface area contributed by atoms with E-state index < -0.39 is 10.0 Å². The number of aryl methyl sites for hydroxylation is 1. The van der Waals surface area contributed by atoms with Gasteiger partial charge in [-0.1, -0.05) is 37.3 Å². The number of anilines is 1. The molecule has 0 spiro atoms. The van der Waals surface area contributed by atoms with Crippen LogP contribution in [0.1, 0.15) is 35.7 Å². The number of rotatable bonds is 10. The summed E-state index contributed by atoms with van der Waals surface area (Å²) in [7, 11) is -2.01. The lowest BCUT2D eigenvalue weighted by atomic mass is 10.1. The van der Waals surface area contributed by atoms with E-state index in [4.69, 9.17) is 4.74 Å². The highest BCUT2D eigenvalue weighted by Crippen LogP contribution is 2.22. The number of hydrogen-bond acceptors (Lipinski definition) is 4. The normalized spacial score (nSPS) is 11.1. The van der Waals surface area contributed by atoms with Gasteiger partial charge in [-0.2, -0.15) is 0 Å². The van der Waals surface area contributed by atoms with E-state index in [9.17, 15) is 13.2 Å². The van der Waals surface area contributed by atoms with Gasteiger partial charge in [-0.05, 0) is 43.0 Å². The first kappa shape index (κ1) is 21.8. The molecule has 0 saturated carbocycles. The Morgan fingerprint density at radius 2 is 1.79 bits per heavy atom. The number of sulfonamides is 1. The van der Waals surface area contributed by atoms with Crippen LogP contribution in [0.15, 0.2) is 48.5 Å². The highest BCUT2D eigenvalue weighted by molar-refractivity contribution is 7.92. The van der Waals surface area contributed by atoms with Crippen LogP contribution in [0.2, 0.25) is 0 Å². The quantitative estimate of drug-likeness (QED) is 0.617. The number of nitrogens with zero attached hydrogens (tertiary/aromatic N) is 1. The SMILES string of the molecule is CCCOc1ccccc1CCCNC(=O)c1ccccc1N(C)S(C)(=O)=O. The zero-order valence-electron chi connectivity index (χ0n) is 16.6. The Morgan fingerprint density at radius 1 is 1.11 bits per heavy atom. The summed E-state index contributed by atoms with van der Waals surface area (Å²) in [6, 6.07) is 14.6. The number of para-hydroxylation sites is 2. The Balaban J connectivity index is 1.96. The fourth-order valence-corrected chi connectivity index (χ4v) is 3.27. The monoisotopic (exact) mass is 404 g/mol. The molecular formula is C21H28N2O4S. The van der Waals surface area contributed by atoms with Gasteiger partial charge in [0.1, 0.15) is 5.75 Å². The second-order valence-electron chi connectivity index (χ2n) is 6.56. The molecule has 0 bridgehead atoms. The van der Waals surface area contributed by atoms with Gasteiger partial charge in [0.2, 0.25) is 10.0 Å². The third-order valence-electron chi connectivity index (χ3n) is 4.33. The average Bonchev–Trinajstić information content (AvgIpc) is 2.69. The minimum Gasteiger partial charge on any atom is -0.493 e. The first-order chi connectivity index (χ1) is 13.3. The maximum atomic E-state index is 12.6. The van der Waals surface area contributed by atoms with E-state index in [0.717, 1.165) is 41.1 Å². The molecule has 0 aromatic heterocycles. The third-order valence-corrected chi connectivity index (χ3v) is 5.52. The van der Waals surface area contributed by atoms with Crippen molar-refractivity contribution < 1.29 is 17.9 Å². The molecule has 0 unspecified atom stereocenters. The summed E-state index contributed by atoms with van der Waals surface area (Å²) in [5.74, 6) is 0.595. The van der Waals surface area contributed by atoms with Gasteiger partial charge in [0.15, 0.2) is 0 Å². The number of hydrogen-bond donors (Lipinski definition) is 1. The number of ether oxygens (including phenoxy) is 1. The molecule has 0 atom stereocenters. The molecule has 152 valence electrons. The van der Waals surface area contributed by atoms with Gasteiger partial charge >= 0.3 is 0 Å². The molecule has 0 radical (unpaired) electrons. The molecule has 0 fully saturated rings. The molecule has 2 aromatic rings. The van der Waals surface area contributed by atoms with Gasteiger partial charge in [0.05, 0.1) is 24.1 Å². The lowest BCUT2D eigenvalue weighted by molar-refractivity contribution is 0.0954. The van der Waals surface area contributed by atoms with Crippen molar-refractivity contribution in [3.8, 4) is 5.75 Å². The zero-order valence-corrected chi connectivity index (χ0v) is 17.5. The molecule has 0 aliphatic rings. The van der Waals surface area contributed by atoms with E-state index in [1.807, 2.05) is 24.3 Å². The summed E-state index contributed by atoms with van der Waals surface area (Å²) in [6.07, 6.45) is 3.60. The smallest absolute Gasteiger partial charge is 0.253 e. The van der Waals surface area contributed by atoms with Crippen LogP contribution >= 0.6 is 0 Å². The molecule has 0 aliphatic heterocycles. The van der Waals surface area contributed by atoms with Gasteiger partial charge < -0.3 is 10.1 Å². The molecule has 1 N–H and O–H groups in total. The Kier molecular flexibility index (Phi) is 7.87. The molecule has 6 nitrogen and oxygen atoms in total. The van der Waals surface area contributed by atoms with Gasteiger partial charge in [0.25, 0.3) is 5.91 Å². The lowest BCUT2D eigenvalue weighted by Crippen LogP contribution is -2.30. The Hall–Kier alpha value is -2.54. The molecular weight excluding hydrogens is 376 g/mol. The van der Waals surface area contributed by atoms with Crippen molar-refractivity contribution in [3.05, 3.63) is 59.7 Å². The highest BCUT2D eigenvalue weighted by atomic mass is 32.2. The molecule has 28 heavy (non-hydrogen) atoms. The van der Waals surface area contributed by atoms with Crippen LogP contribution in [-0.2, 0) is 16.4 Å². The molecule has 1 amide bonds. The Bertz CT molecular complexity index is 897. The van der Waals surface area contributed by atoms with Crippen molar-refractivity contribution in [2.75, 3.05) is 30.8 Å². The zero-order chi connectivity index (χ0) is 20.6. The summed E-state index contributed by atoms with van der Waals surface area (Å²) in [5.41, 5.74) is 1.81. The van der Waals surface area contributed by atoms with Gasteiger partial charge in [-0.25, -0.2) is 8.42 Å². The van der Waals surface area contributed by atoms with E-state index in [1.165, 1.54) is 7.05 Å². The van der Waals surface area contributed by atoms with Crippen LogP contribution in [-0.4, -0.2) is 40.8 Å². The second-order valence-corrected chi connectivity index (χ2v) is 8.58. The predicted octanol–water partition coefficient (Wildman–Crippen LogP) is 3.23. The van der Waals surface area contributed by atoms with E-state index in [1.54, 1.807) is 24.3 Å². The minimum atomic E-state index is -3.45. The van der Waals surface area contributed by atoms with Crippen LogP contribution in [0.4, 0.5) is 5.69 Å². The lowest BCUT2D eigenvalue weighted by Gasteiger charge is -2.19. The molecule has 0 aliphatic carbocycles. The van der Waals surface area contributed by atoms with Crippen molar-refractivity contribution in [2.45, 2.75) is 26.2 Å². The Morgan fingerprint density at radius 3 is 2.50 bits per heavy atom. The van der Waals surface area contributed by atoms with E-state index in [2.05, 4.69) is 12.2 Å². The number of nitrogens with one attached hydrogen (secondary N) is 1. The topological polar surface area (TPSA) is 75.7 Å². The maximum absolute atomic E-state index is 12.6. The summed E-state index contributed by atoms with van der Waals surface area (Å²) in [4.78, 5) is 12.6. The summed E-state index contributed by atoms with van der Waals surface area (Å²) in [6.45, 7) is 3.23. The number of benzene rings is 2. The van der Waals surface area contributed by atoms with E-state index in [0.29, 0.717) is 24.4 Å². The first-order valence-electron chi connectivity index (χ1n) is 9.36. The van der Waals surface area contributed by atoms with Crippen molar-refractivity contribution in [2.24, 2.45) is 0 Å². The Labute approximate surface area is 167 Å². The maximum Gasteiger partial charge on any atom is 0.253 e. The average molecular weight is 405 g/mol. The van der Waals surface area contributed by atoms with Crippen molar-refractivity contribution >= 4 is 21.6 Å². The molecule has 0 saturated heterocycles. The molecule has 7 heteroatoms.